The van der Waals surface area contributed by atoms with Gasteiger partial charge in [0.2, 0.25) is 0 Å². The van der Waals surface area contributed by atoms with E-state index in [9.17, 15) is 4.79 Å². The molecule has 0 N–H and O–H groups in total. The van der Waals surface area contributed by atoms with Gasteiger partial charge in [-0.25, -0.2) is 4.79 Å². The standard InChI is InChI=1S/C16H24O4/c1-2-10-18-11-6-12-19-14-16(17)20-13-9-15-7-4-3-5-8-15/h3-5,7-8H,2,6,9-14H2,1H3. The highest BCUT2D eigenvalue weighted by Crippen LogP contribution is 1.99. The molecule has 0 radical (unpaired) electrons. The van der Waals surface area contributed by atoms with Crippen LogP contribution in [0.2, 0.25) is 0 Å². The summed E-state index contributed by atoms with van der Waals surface area (Å²) in [6.07, 6.45) is 2.56. The van der Waals surface area contributed by atoms with Crippen LogP contribution < -0.4 is 0 Å². The molecule has 20 heavy (non-hydrogen) atoms. The average molecular weight is 280 g/mol. The molecule has 0 spiro atoms. The number of benzene rings is 1. The van der Waals surface area contributed by atoms with Gasteiger partial charge in [-0.05, 0) is 18.4 Å². The molecule has 0 saturated heterocycles. The Morgan fingerprint density at radius 1 is 1.00 bits per heavy atom. The van der Waals surface area contributed by atoms with Crippen molar-refractivity contribution in [3.8, 4) is 0 Å². The zero-order chi connectivity index (χ0) is 14.5. The highest BCUT2D eigenvalue weighted by molar-refractivity contribution is 5.70. The number of hydrogen-bond acceptors (Lipinski definition) is 4. The second-order valence-electron chi connectivity index (χ2n) is 4.47. The maximum Gasteiger partial charge on any atom is 0.332 e. The molecular formula is C16H24O4. The highest BCUT2D eigenvalue weighted by Gasteiger charge is 2.02. The lowest BCUT2D eigenvalue weighted by Crippen LogP contribution is -2.15. The first-order valence-corrected chi connectivity index (χ1v) is 7.18. The molecule has 0 aliphatic carbocycles. The first kappa shape index (κ1) is 16.7. The molecule has 0 unspecified atom stereocenters. The molecule has 1 aromatic rings. The smallest absolute Gasteiger partial charge is 0.332 e. The van der Waals surface area contributed by atoms with Gasteiger partial charge in [-0.15, -0.1) is 0 Å². The summed E-state index contributed by atoms with van der Waals surface area (Å²) in [4.78, 5) is 11.4. The van der Waals surface area contributed by atoms with Gasteiger partial charge in [0.15, 0.2) is 0 Å². The third kappa shape index (κ3) is 8.67. The third-order valence-corrected chi connectivity index (χ3v) is 2.64. The van der Waals surface area contributed by atoms with Crippen LogP contribution in [0.15, 0.2) is 30.3 Å². The summed E-state index contributed by atoms with van der Waals surface area (Å²) in [6, 6.07) is 9.94. The summed E-state index contributed by atoms with van der Waals surface area (Å²) in [7, 11) is 0. The monoisotopic (exact) mass is 280 g/mol. The van der Waals surface area contributed by atoms with Crippen molar-refractivity contribution in [1.82, 2.24) is 0 Å². The molecule has 0 heterocycles. The lowest BCUT2D eigenvalue weighted by Gasteiger charge is -2.06. The quantitative estimate of drug-likeness (QED) is 0.462. The van der Waals surface area contributed by atoms with E-state index in [2.05, 4.69) is 6.92 Å². The van der Waals surface area contributed by atoms with Crippen LogP contribution in [0, 0.1) is 0 Å². The van der Waals surface area contributed by atoms with Gasteiger partial charge >= 0.3 is 5.97 Å². The van der Waals surface area contributed by atoms with E-state index in [0.717, 1.165) is 31.4 Å². The van der Waals surface area contributed by atoms with Gasteiger partial charge in [-0.1, -0.05) is 37.3 Å². The fraction of sp³-hybridized carbons (Fsp3) is 0.562. The van der Waals surface area contributed by atoms with E-state index in [0.29, 0.717) is 19.8 Å². The van der Waals surface area contributed by atoms with Crippen molar-refractivity contribution in [3.05, 3.63) is 35.9 Å². The second-order valence-corrected chi connectivity index (χ2v) is 4.47. The van der Waals surface area contributed by atoms with Crippen LogP contribution in [-0.4, -0.2) is 39.0 Å². The average Bonchev–Trinajstić information content (AvgIpc) is 2.47. The van der Waals surface area contributed by atoms with Gasteiger partial charge in [0.05, 0.1) is 6.61 Å². The molecule has 1 rings (SSSR count). The van der Waals surface area contributed by atoms with Crippen LogP contribution in [0.25, 0.3) is 0 Å². The molecular weight excluding hydrogens is 256 g/mol. The molecule has 4 heteroatoms. The largest absolute Gasteiger partial charge is 0.464 e. The van der Waals surface area contributed by atoms with Gasteiger partial charge in [0, 0.05) is 26.2 Å². The summed E-state index contributed by atoms with van der Waals surface area (Å²) < 4.78 is 15.6. The molecule has 0 saturated carbocycles. The van der Waals surface area contributed by atoms with Crippen LogP contribution in [0.5, 0.6) is 0 Å². The molecule has 112 valence electrons. The fourth-order valence-corrected chi connectivity index (χ4v) is 1.63. The van der Waals surface area contributed by atoms with Crippen LogP contribution in [0.3, 0.4) is 0 Å². The minimum atomic E-state index is -0.310. The van der Waals surface area contributed by atoms with Crippen LogP contribution in [0.1, 0.15) is 25.3 Å². The first-order chi connectivity index (χ1) is 9.83. The SMILES string of the molecule is CCCOCCCOCC(=O)OCCc1ccccc1. The molecule has 0 aliphatic rings. The van der Waals surface area contributed by atoms with E-state index in [1.807, 2.05) is 30.3 Å². The normalized spacial score (nSPS) is 10.4. The maximum atomic E-state index is 11.4. The summed E-state index contributed by atoms with van der Waals surface area (Å²) in [6.45, 7) is 4.46. The van der Waals surface area contributed by atoms with Crippen molar-refractivity contribution >= 4 is 5.97 Å². The van der Waals surface area contributed by atoms with E-state index < -0.39 is 0 Å². The van der Waals surface area contributed by atoms with Crippen LogP contribution >= 0.6 is 0 Å². The molecule has 0 aliphatic heterocycles. The van der Waals surface area contributed by atoms with E-state index in [1.54, 1.807) is 0 Å². The van der Waals surface area contributed by atoms with Crippen molar-refractivity contribution in [1.29, 1.82) is 0 Å². The summed E-state index contributed by atoms with van der Waals surface area (Å²) >= 11 is 0. The molecule has 0 aromatic heterocycles. The van der Waals surface area contributed by atoms with Crippen molar-refractivity contribution in [2.75, 3.05) is 33.0 Å². The lowest BCUT2D eigenvalue weighted by atomic mass is 10.2. The van der Waals surface area contributed by atoms with Crippen molar-refractivity contribution in [3.63, 3.8) is 0 Å². The van der Waals surface area contributed by atoms with Gasteiger partial charge < -0.3 is 14.2 Å². The second kappa shape index (κ2) is 11.4. The van der Waals surface area contributed by atoms with E-state index in [4.69, 9.17) is 14.2 Å². The number of ether oxygens (including phenoxy) is 3. The molecule has 0 bridgehead atoms. The lowest BCUT2D eigenvalue weighted by molar-refractivity contribution is -0.149. The Hall–Kier alpha value is -1.39. The van der Waals surface area contributed by atoms with Crippen molar-refractivity contribution in [2.45, 2.75) is 26.2 Å². The molecule has 0 atom stereocenters. The Bertz CT molecular complexity index is 351. The highest BCUT2D eigenvalue weighted by atomic mass is 16.6. The van der Waals surface area contributed by atoms with Crippen molar-refractivity contribution in [2.24, 2.45) is 0 Å². The zero-order valence-electron chi connectivity index (χ0n) is 12.2. The number of carbonyl (C=O) groups excluding carboxylic acids is 1. The summed E-state index contributed by atoms with van der Waals surface area (Å²) in [5, 5.41) is 0. The van der Waals surface area contributed by atoms with Gasteiger partial charge in [0.1, 0.15) is 6.61 Å². The van der Waals surface area contributed by atoms with Crippen molar-refractivity contribution < 1.29 is 19.0 Å². The van der Waals surface area contributed by atoms with E-state index >= 15 is 0 Å². The van der Waals surface area contributed by atoms with Gasteiger partial charge in [-0.3, -0.25) is 0 Å². The van der Waals surface area contributed by atoms with E-state index in [-0.39, 0.29) is 12.6 Å². The van der Waals surface area contributed by atoms with Gasteiger partial charge in [-0.2, -0.15) is 0 Å². The predicted octanol–water partition coefficient (Wildman–Crippen LogP) is 2.61. The van der Waals surface area contributed by atoms with Gasteiger partial charge in [0.25, 0.3) is 0 Å². The Kier molecular flexibility index (Phi) is 9.53. The minimum Gasteiger partial charge on any atom is -0.464 e. The molecule has 0 fully saturated rings. The Morgan fingerprint density at radius 2 is 1.75 bits per heavy atom. The minimum absolute atomic E-state index is 0.0164. The fourth-order valence-electron chi connectivity index (χ4n) is 1.63. The number of carbonyl (C=O) groups is 1. The Labute approximate surface area is 121 Å². The first-order valence-electron chi connectivity index (χ1n) is 7.18. The Balaban J connectivity index is 1.93. The van der Waals surface area contributed by atoms with Crippen LogP contribution in [0.4, 0.5) is 0 Å². The zero-order valence-corrected chi connectivity index (χ0v) is 12.2. The molecule has 0 amide bonds. The van der Waals surface area contributed by atoms with E-state index in [1.165, 1.54) is 0 Å². The molecule has 4 nitrogen and oxygen atoms in total. The topological polar surface area (TPSA) is 44.8 Å². The summed E-state index contributed by atoms with van der Waals surface area (Å²) in [5.74, 6) is -0.310. The number of rotatable bonds is 11. The number of hydrogen-bond donors (Lipinski definition) is 0. The third-order valence-electron chi connectivity index (χ3n) is 2.64. The summed E-state index contributed by atoms with van der Waals surface area (Å²) in [5.41, 5.74) is 1.16. The number of esters is 1. The maximum absolute atomic E-state index is 11.4. The van der Waals surface area contributed by atoms with Crippen LogP contribution in [-0.2, 0) is 25.4 Å². The Morgan fingerprint density at radius 3 is 2.50 bits per heavy atom. The predicted molar refractivity (Wildman–Crippen MR) is 77.7 cm³/mol. The molecule has 1 aromatic carbocycles.